The topological polar surface area (TPSA) is 58.1 Å². The first-order chi connectivity index (χ1) is 9.54. The van der Waals surface area contributed by atoms with Gasteiger partial charge in [-0.2, -0.15) is 0 Å². The minimum Gasteiger partial charge on any atom is -0.351 e. The van der Waals surface area contributed by atoms with Gasteiger partial charge in [-0.05, 0) is 19.5 Å². The van der Waals surface area contributed by atoms with Crippen LogP contribution in [0, 0.1) is 12.3 Å². The fourth-order valence-electron chi connectivity index (χ4n) is 1.49. The van der Waals surface area contributed by atoms with Crippen molar-refractivity contribution in [3.8, 4) is 12.3 Å². The molecule has 0 radical (unpaired) electrons. The van der Waals surface area contributed by atoms with E-state index >= 15 is 0 Å². The normalized spacial score (nSPS) is 10.6. The summed E-state index contributed by atoms with van der Waals surface area (Å²) in [5, 5.41) is 2.61. The number of rotatable bonds is 7. The van der Waals surface area contributed by atoms with Gasteiger partial charge in [0.1, 0.15) is 17.7 Å². The molecule has 1 N–H and O–H groups in total. The SMILES string of the molecule is C#CCN(C)CCCNC(=O)c1cc(C(F)F)ncn1. The summed E-state index contributed by atoms with van der Waals surface area (Å²) in [6.07, 6.45) is 4.10. The Hall–Kier alpha value is -2.07. The molecule has 7 heteroatoms. The number of halogens is 2. The number of carbonyl (C=O) groups is 1. The molecule has 1 heterocycles. The van der Waals surface area contributed by atoms with Gasteiger partial charge >= 0.3 is 0 Å². The highest BCUT2D eigenvalue weighted by molar-refractivity contribution is 5.92. The van der Waals surface area contributed by atoms with Gasteiger partial charge in [-0.25, -0.2) is 18.7 Å². The molecule has 0 atom stereocenters. The number of amides is 1. The van der Waals surface area contributed by atoms with E-state index in [2.05, 4.69) is 21.2 Å². The molecule has 0 aliphatic carbocycles. The molecule has 0 aliphatic heterocycles. The summed E-state index contributed by atoms with van der Waals surface area (Å²) in [7, 11) is 1.88. The number of carbonyl (C=O) groups excluding carboxylic acids is 1. The second-order valence-corrected chi connectivity index (χ2v) is 4.18. The molecule has 1 amide bonds. The summed E-state index contributed by atoms with van der Waals surface area (Å²) < 4.78 is 24.9. The second kappa shape index (κ2) is 8.17. The van der Waals surface area contributed by atoms with Gasteiger partial charge in [0.25, 0.3) is 12.3 Å². The predicted octanol–water partition coefficient (Wildman–Crippen LogP) is 1.10. The third-order valence-corrected chi connectivity index (χ3v) is 2.51. The average Bonchev–Trinajstić information content (AvgIpc) is 2.43. The minimum absolute atomic E-state index is 0.0627. The van der Waals surface area contributed by atoms with Gasteiger partial charge in [0.15, 0.2) is 0 Å². The van der Waals surface area contributed by atoms with Gasteiger partial charge in [-0.3, -0.25) is 9.69 Å². The number of terminal acetylenes is 1. The third kappa shape index (κ3) is 5.28. The van der Waals surface area contributed by atoms with Gasteiger partial charge in [-0.15, -0.1) is 6.42 Å². The van der Waals surface area contributed by atoms with Gasteiger partial charge < -0.3 is 5.32 Å². The summed E-state index contributed by atoms with van der Waals surface area (Å²) in [5.41, 5.74) is -0.522. The van der Waals surface area contributed by atoms with Gasteiger partial charge in [0.05, 0.1) is 6.54 Å². The number of hydrogen-bond donors (Lipinski definition) is 1. The Balaban J connectivity index is 2.40. The van der Waals surface area contributed by atoms with Crippen molar-refractivity contribution in [3.63, 3.8) is 0 Å². The number of nitrogens with zero attached hydrogens (tertiary/aromatic N) is 3. The van der Waals surface area contributed by atoms with Crippen molar-refractivity contribution in [1.29, 1.82) is 0 Å². The van der Waals surface area contributed by atoms with Crippen LogP contribution in [-0.4, -0.2) is 47.5 Å². The van der Waals surface area contributed by atoms with E-state index in [1.807, 2.05) is 11.9 Å². The molecule has 0 unspecified atom stereocenters. The van der Waals surface area contributed by atoms with Crippen molar-refractivity contribution in [2.24, 2.45) is 0 Å². The van der Waals surface area contributed by atoms with Gasteiger partial charge in [0.2, 0.25) is 0 Å². The fraction of sp³-hybridized carbons (Fsp3) is 0.462. The molecule has 108 valence electrons. The van der Waals surface area contributed by atoms with Crippen molar-refractivity contribution >= 4 is 5.91 Å². The van der Waals surface area contributed by atoms with Crippen molar-refractivity contribution < 1.29 is 13.6 Å². The van der Waals surface area contributed by atoms with E-state index in [1.54, 1.807) is 0 Å². The van der Waals surface area contributed by atoms with Crippen LogP contribution in [0.2, 0.25) is 0 Å². The fourth-order valence-corrected chi connectivity index (χ4v) is 1.49. The van der Waals surface area contributed by atoms with E-state index in [1.165, 1.54) is 0 Å². The van der Waals surface area contributed by atoms with Crippen LogP contribution in [0.15, 0.2) is 12.4 Å². The van der Waals surface area contributed by atoms with Crippen molar-refractivity contribution in [3.05, 3.63) is 23.8 Å². The molecule has 5 nitrogen and oxygen atoms in total. The smallest absolute Gasteiger partial charge is 0.280 e. The maximum Gasteiger partial charge on any atom is 0.280 e. The van der Waals surface area contributed by atoms with E-state index in [-0.39, 0.29) is 5.69 Å². The minimum atomic E-state index is -2.72. The highest BCUT2D eigenvalue weighted by Gasteiger charge is 2.13. The molecule has 1 rings (SSSR count). The first kappa shape index (κ1) is 16.0. The van der Waals surface area contributed by atoms with Crippen LogP contribution in [-0.2, 0) is 0 Å². The number of alkyl halides is 2. The second-order valence-electron chi connectivity index (χ2n) is 4.18. The van der Waals surface area contributed by atoms with E-state index in [4.69, 9.17) is 6.42 Å². The lowest BCUT2D eigenvalue weighted by Gasteiger charge is -2.12. The molecule has 1 aromatic rings. The van der Waals surface area contributed by atoms with E-state index < -0.39 is 18.0 Å². The molecule has 0 aliphatic rings. The molecule has 0 aromatic carbocycles. The Morgan fingerprint density at radius 2 is 2.30 bits per heavy atom. The zero-order chi connectivity index (χ0) is 15.0. The molecular weight excluding hydrogens is 266 g/mol. The summed E-state index contributed by atoms with van der Waals surface area (Å²) in [6, 6.07) is 0.991. The van der Waals surface area contributed by atoms with Crippen molar-refractivity contribution in [2.45, 2.75) is 12.8 Å². The molecule has 0 saturated heterocycles. The Morgan fingerprint density at radius 3 is 2.95 bits per heavy atom. The van der Waals surface area contributed by atoms with Crippen LogP contribution in [0.3, 0.4) is 0 Å². The van der Waals surface area contributed by atoms with E-state index in [0.29, 0.717) is 19.5 Å². The zero-order valence-electron chi connectivity index (χ0n) is 11.1. The highest BCUT2D eigenvalue weighted by atomic mass is 19.3. The monoisotopic (exact) mass is 282 g/mol. The lowest BCUT2D eigenvalue weighted by Crippen LogP contribution is -2.29. The van der Waals surface area contributed by atoms with Crippen molar-refractivity contribution in [1.82, 2.24) is 20.2 Å². The first-order valence-electron chi connectivity index (χ1n) is 6.05. The third-order valence-electron chi connectivity index (χ3n) is 2.51. The van der Waals surface area contributed by atoms with E-state index in [9.17, 15) is 13.6 Å². The predicted molar refractivity (Wildman–Crippen MR) is 70.3 cm³/mol. The summed E-state index contributed by atoms with van der Waals surface area (Å²) in [6.45, 7) is 1.69. The molecule has 0 saturated carbocycles. The Bertz CT molecular complexity index is 488. The molecule has 0 bridgehead atoms. The molecule has 0 fully saturated rings. The standard InChI is InChI=1S/C13H16F2N4O/c1-3-6-19(2)7-4-5-16-13(20)11-8-10(12(14)15)17-9-18-11/h1,8-9,12H,4-7H2,2H3,(H,16,20). The maximum absolute atomic E-state index is 12.4. The van der Waals surface area contributed by atoms with Crippen LogP contribution >= 0.6 is 0 Å². The lowest BCUT2D eigenvalue weighted by atomic mass is 10.3. The summed E-state index contributed by atoms with van der Waals surface area (Å²) in [5.74, 6) is 2.02. The van der Waals surface area contributed by atoms with Crippen LogP contribution in [0.25, 0.3) is 0 Å². The Labute approximate surface area is 116 Å². The number of aromatic nitrogens is 2. The highest BCUT2D eigenvalue weighted by Crippen LogP contribution is 2.15. The quantitative estimate of drug-likeness (QED) is 0.601. The van der Waals surface area contributed by atoms with Crippen LogP contribution in [0.5, 0.6) is 0 Å². The van der Waals surface area contributed by atoms with Crippen molar-refractivity contribution in [2.75, 3.05) is 26.7 Å². The molecule has 0 spiro atoms. The molecule has 20 heavy (non-hydrogen) atoms. The Kier molecular flexibility index (Phi) is 6.53. The Morgan fingerprint density at radius 1 is 1.55 bits per heavy atom. The first-order valence-corrected chi connectivity index (χ1v) is 6.05. The maximum atomic E-state index is 12.4. The average molecular weight is 282 g/mol. The van der Waals surface area contributed by atoms with Crippen LogP contribution in [0.1, 0.15) is 29.0 Å². The lowest BCUT2D eigenvalue weighted by molar-refractivity contribution is 0.0946. The number of hydrogen-bond acceptors (Lipinski definition) is 4. The van der Waals surface area contributed by atoms with Crippen LogP contribution < -0.4 is 5.32 Å². The largest absolute Gasteiger partial charge is 0.351 e. The summed E-state index contributed by atoms with van der Waals surface area (Å²) >= 11 is 0. The zero-order valence-corrected chi connectivity index (χ0v) is 11.1. The molecular formula is C13H16F2N4O. The van der Waals surface area contributed by atoms with Crippen LogP contribution in [0.4, 0.5) is 8.78 Å². The van der Waals surface area contributed by atoms with E-state index in [0.717, 1.165) is 18.9 Å². The summed E-state index contributed by atoms with van der Waals surface area (Å²) in [4.78, 5) is 20.7. The molecule has 1 aromatic heterocycles. The van der Waals surface area contributed by atoms with Gasteiger partial charge in [0, 0.05) is 13.1 Å². The van der Waals surface area contributed by atoms with Gasteiger partial charge in [-0.1, -0.05) is 5.92 Å². The number of nitrogens with one attached hydrogen (secondary N) is 1.